The van der Waals surface area contributed by atoms with E-state index in [0.29, 0.717) is 35.7 Å². The molecule has 0 saturated carbocycles. The molecule has 9 heteroatoms. The lowest BCUT2D eigenvalue weighted by Gasteiger charge is -2.36. The lowest BCUT2D eigenvalue weighted by molar-refractivity contribution is -0.139. The predicted molar refractivity (Wildman–Crippen MR) is 155 cm³/mol. The molecule has 206 valence electrons. The average molecular weight is 548 g/mol. The number of aryl methyl sites for hydroxylation is 1. The Bertz CT molecular complexity index is 1440. The van der Waals surface area contributed by atoms with Crippen molar-refractivity contribution >= 4 is 40.3 Å². The molecule has 2 aromatic heterocycles. The monoisotopic (exact) mass is 547 g/mol. The van der Waals surface area contributed by atoms with E-state index in [9.17, 15) is 14.9 Å². The summed E-state index contributed by atoms with van der Waals surface area (Å²) in [5.74, 6) is 0.638. The topological polar surface area (TPSA) is 100 Å². The van der Waals surface area contributed by atoms with Crippen LogP contribution < -0.4 is 10.1 Å². The Hall–Kier alpha value is -3.51. The van der Waals surface area contributed by atoms with Gasteiger partial charge in [0.1, 0.15) is 17.4 Å². The van der Waals surface area contributed by atoms with Gasteiger partial charge in [0, 0.05) is 42.7 Å². The van der Waals surface area contributed by atoms with E-state index in [4.69, 9.17) is 4.74 Å². The van der Waals surface area contributed by atoms with Crippen molar-refractivity contribution in [3.05, 3.63) is 47.3 Å². The first-order chi connectivity index (χ1) is 18.5. The molecule has 0 unspecified atom stereocenters. The van der Waals surface area contributed by atoms with Crippen LogP contribution in [0.1, 0.15) is 67.9 Å². The quantitative estimate of drug-likeness (QED) is 0.391. The van der Waals surface area contributed by atoms with Crippen LogP contribution in [0.25, 0.3) is 11.0 Å². The van der Waals surface area contributed by atoms with Crippen molar-refractivity contribution in [1.29, 1.82) is 5.26 Å². The number of anilines is 1. The van der Waals surface area contributed by atoms with E-state index in [-0.39, 0.29) is 29.1 Å². The lowest BCUT2D eigenvalue weighted by atomic mass is 9.80. The number of nitrogens with zero attached hydrogens (tertiary/aromatic N) is 4. The number of aromatic nitrogens is 2. The van der Waals surface area contributed by atoms with Gasteiger partial charge in [-0.3, -0.25) is 9.59 Å². The predicted octanol–water partition coefficient (Wildman–Crippen LogP) is 5.82. The van der Waals surface area contributed by atoms with Crippen molar-refractivity contribution in [3.63, 3.8) is 0 Å². The number of fused-ring (bicyclic) bond motifs is 1. The van der Waals surface area contributed by atoms with Gasteiger partial charge in [-0.1, -0.05) is 27.7 Å². The first kappa shape index (κ1) is 28.5. The molecule has 1 fully saturated rings. The molecule has 0 bridgehead atoms. The molecule has 0 spiro atoms. The van der Waals surface area contributed by atoms with Gasteiger partial charge < -0.3 is 19.5 Å². The molecular formula is C30H37N5O3S. The van der Waals surface area contributed by atoms with E-state index < -0.39 is 0 Å². The molecule has 0 aliphatic carbocycles. The highest BCUT2D eigenvalue weighted by molar-refractivity contribution is 7.98. The number of hydrogen-bond acceptors (Lipinski definition) is 6. The van der Waals surface area contributed by atoms with Crippen molar-refractivity contribution in [2.75, 3.05) is 31.8 Å². The van der Waals surface area contributed by atoms with Gasteiger partial charge in [0.25, 0.3) is 5.91 Å². The SMILES string of the molecule is COc1c(NC(=O)c2ccc(SC)c(C#N)c2)cnc2c1c(C1CCN(C(=O)[C@H](C)C(C)(C)C)CC1)cn2C. The maximum Gasteiger partial charge on any atom is 0.255 e. The molecular weight excluding hydrogens is 510 g/mol. The van der Waals surface area contributed by atoms with Crippen molar-refractivity contribution < 1.29 is 14.3 Å². The van der Waals surface area contributed by atoms with Crippen molar-refractivity contribution in [2.45, 2.75) is 51.3 Å². The summed E-state index contributed by atoms with van der Waals surface area (Å²) in [5, 5.41) is 13.3. The van der Waals surface area contributed by atoms with E-state index >= 15 is 0 Å². The van der Waals surface area contributed by atoms with E-state index in [0.717, 1.165) is 34.3 Å². The molecule has 0 radical (unpaired) electrons. The fourth-order valence-electron chi connectivity index (χ4n) is 5.14. The zero-order valence-electron chi connectivity index (χ0n) is 23.8. The summed E-state index contributed by atoms with van der Waals surface area (Å²) in [6, 6.07) is 7.25. The average Bonchev–Trinajstić information content (AvgIpc) is 3.27. The molecule has 1 aliphatic heterocycles. The Kier molecular flexibility index (Phi) is 8.26. The Balaban J connectivity index is 1.61. The van der Waals surface area contributed by atoms with Gasteiger partial charge in [-0.15, -0.1) is 11.8 Å². The number of rotatable bonds is 6. The van der Waals surface area contributed by atoms with Crippen LogP contribution in [0.15, 0.2) is 35.5 Å². The van der Waals surface area contributed by atoms with Crippen molar-refractivity contribution in [1.82, 2.24) is 14.5 Å². The van der Waals surface area contributed by atoms with Gasteiger partial charge in [0.2, 0.25) is 5.91 Å². The number of benzene rings is 1. The number of methoxy groups -OCH3 is 1. The normalized spacial score (nSPS) is 15.2. The van der Waals surface area contributed by atoms with Crippen LogP contribution in [0, 0.1) is 22.7 Å². The second-order valence-corrected chi connectivity index (χ2v) is 12.1. The number of amides is 2. The molecule has 2 amide bonds. The molecule has 3 aromatic rings. The van der Waals surface area contributed by atoms with E-state index in [1.165, 1.54) is 11.8 Å². The van der Waals surface area contributed by atoms with Gasteiger partial charge in [0.05, 0.1) is 24.3 Å². The highest BCUT2D eigenvalue weighted by Crippen LogP contribution is 2.42. The second kappa shape index (κ2) is 11.3. The number of nitriles is 1. The van der Waals surface area contributed by atoms with Crippen LogP contribution in [0.5, 0.6) is 5.75 Å². The van der Waals surface area contributed by atoms with E-state index in [2.05, 4.69) is 43.3 Å². The summed E-state index contributed by atoms with van der Waals surface area (Å²) in [5.41, 5.74) is 3.14. The van der Waals surface area contributed by atoms with Crippen molar-refractivity contribution in [2.24, 2.45) is 18.4 Å². The molecule has 8 nitrogen and oxygen atoms in total. The summed E-state index contributed by atoms with van der Waals surface area (Å²) in [6.07, 6.45) is 7.29. The van der Waals surface area contributed by atoms with Crippen LogP contribution in [0.3, 0.4) is 0 Å². The third kappa shape index (κ3) is 5.62. The number of thioether (sulfide) groups is 1. The molecule has 3 heterocycles. The van der Waals surface area contributed by atoms with Gasteiger partial charge in [-0.2, -0.15) is 5.26 Å². The van der Waals surface area contributed by atoms with Gasteiger partial charge in [0.15, 0.2) is 5.75 Å². The van der Waals surface area contributed by atoms with Crippen LogP contribution in [-0.2, 0) is 11.8 Å². The van der Waals surface area contributed by atoms with Crippen LogP contribution in [-0.4, -0.2) is 52.7 Å². The Labute approximate surface area is 234 Å². The Morgan fingerprint density at radius 2 is 1.95 bits per heavy atom. The maximum atomic E-state index is 13.1. The third-order valence-corrected chi connectivity index (χ3v) is 8.71. The van der Waals surface area contributed by atoms with Gasteiger partial charge in [-0.05, 0) is 54.2 Å². The highest BCUT2D eigenvalue weighted by Gasteiger charge is 2.34. The summed E-state index contributed by atoms with van der Waals surface area (Å²) in [4.78, 5) is 33.7. The molecule has 1 atom stereocenters. The lowest BCUT2D eigenvalue weighted by Crippen LogP contribution is -2.43. The fraction of sp³-hybridized carbons (Fsp3) is 0.467. The Morgan fingerprint density at radius 1 is 1.26 bits per heavy atom. The summed E-state index contributed by atoms with van der Waals surface area (Å²) < 4.78 is 7.85. The Morgan fingerprint density at radius 3 is 2.54 bits per heavy atom. The molecule has 39 heavy (non-hydrogen) atoms. The zero-order valence-corrected chi connectivity index (χ0v) is 24.6. The number of carbonyl (C=O) groups is 2. The molecule has 4 rings (SSSR count). The largest absolute Gasteiger partial charge is 0.494 e. The smallest absolute Gasteiger partial charge is 0.255 e. The second-order valence-electron chi connectivity index (χ2n) is 11.3. The van der Waals surface area contributed by atoms with Crippen LogP contribution in [0.4, 0.5) is 5.69 Å². The van der Waals surface area contributed by atoms with Gasteiger partial charge in [-0.25, -0.2) is 4.98 Å². The summed E-state index contributed by atoms with van der Waals surface area (Å²) in [7, 11) is 3.55. The number of ether oxygens (including phenoxy) is 1. The van der Waals surface area contributed by atoms with Gasteiger partial charge >= 0.3 is 0 Å². The minimum Gasteiger partial charge on any atom is -0.494 e. The number of pyridine rings is 1. The maximum absolute atomic E-state index is 13.1. The van der Waals surface area contributed by atoms with Crippen LogP contribution in [0.2, 0.25) is 0 Å². The van der Waals surface area contributed by atoms with E-state index in [1.807, 2.05) is 29.7 Å². The highest BCUT2D eigenvalue weighted by atomic mass is 32.2. The zero-order chi connectivity index (χ0) is 28.5. The number of nitrogens with one attached hydrogen (secondary N) is 1. The standard InChI is InChI=1S/C30H37N5O3S/c1-18(30(2,3)4)29(37)35-12-10-19(11-13-35)22-17-34(5)27-25(22)26(38-6)23(16-32-27)33-28(36)20-8-9-24(39-7)21(14-20)15-31/h8-9,14,16-19H,10-13H2,1-7H3,(H,33,36)/t18-/m0/s1. The summed E-state index contributed by atoms with van der Waals surface area (Å²) >= 11 is 1.46. The first-order valence-electron chi connectivity index (χ1n) is 13.2. The number of piperidine rings is 1. The minimum atomic E-state index is -0.337. The minimum absolute atomic E-state index is 0.0387. The number of hydrogen-bond donors (Lipinski definition) is 1. The third-order valence-electron chi connectivity index (χ3n) is 7.92. The number of likely N-dealkylation sites (tertiary alicyclic amines) is 1. The number of carbonyl (C=O) groups excluding carboxylic acids is 2. The summed E-state index contributed by atoms with van der Waals surface area (Å²) in [6.45, 7) is 9.75. The molecule has 1 saturated heterocycles. The van der Waals surface area contributed by atoms with Crippen molar-refractivity contribution in [3.8, 4) is 11.8 Å². The van der Waals surface area contributed by atoms with E-state index in [1.54, 1.807) is 31.5 Å². The molecule has 1 aliphatic rings. The van der Waals surface area contributed by atoms with Crippen LogP contribution >= 0.6 is 11.8 Å². The molecule has 1 N–H and O–H groups in total. The molecule has 1 aromatic carbocycles. The fourth-order valence-corrected chi connectivity index (χ4v) is 5.67. The first-order valence-corrected chi connectivity index (χ1v) is 14.4.